The Hall–Kier alpha value is -1.39. The monoisotopic (exact) mass is 235 g/mol. The second kappa shape index (κ2) is 5.29. The minimum atomic E-state index is -0.313. The van der Waals surface area contributed by atoms with Crippen LogP contribution in [0.2, 0.25) is 0 Å². The Bertz CT molecular complexity index is 370. The lowest BCUT2D eigenvalue weighted by Gasteiger charge is -2.33. The predicted octanol–water partition coefficient (Wildman–Crippen LogP) is 1.87. The summed E-state index contributed by atoms with van der Waals surface area (Å²) in [6.45, 7) is 5.17. The molecule has 2 unspecified atom stereocenters. The Morgan fingerprint density at radius 3 is 2.41 bits per heavy atom. The van der Waals surface area contributed by atoms with Gasteiger partial charge in [0.05, 0.1) is 30.9 Å². The molecule has 0 saturated carbocycles. The minimum absolute atomic E-state index is 0.0855. The number of morpholine rings is 1. The van der Waals surface area contributed by atoms with Gasteiger partial charge in [0.25, 0.3) is 0 Å². The highest BCUT2D eigenvalue weighted by molar-refractivity contribution is 5.89. The van der Waals surface area contributed by atoms with E-state index in [0.29, 0.717) is 18.7 Å². The van der Waals surface area contributed by atoms with Gasteiger partial charge in [-0.25, -0.2) is 4.79 Å². The van der Waals surface area contributed by atoms with Gasteiger partial charge in [0, 0.05) is 0 Å². The standard InChI is InChI=1S/C13H17NO3/c1-10-8-14(9-11(2)16-10)17-13(15)12-6-4-3-5-7-12/h3-7,10-11H,8-9H2,1-2H3. The van der Waals surface area contributed by atoms with E-state index in [0.717, 1.165) is 0 Å². The lowest BCUT2D eigenvalue weighted by Crippen LogP contribution is -2.46. The van der Waals surface area contributed by atoms with Crippen molar-refractivity contribution in [2.24, 2.45) is 0 Å². The molecular weight excluding hydrogens is 218 g/mol. The maximum atomic E-state index is 11.8. The average molecular weight is 235 g/mol. The molecule has 4 nitrogen and oxygen atoms in total. The Labute approximate surface area is 101 Å². The van der Waals surface area contributed by atoms with Crippen molar-refractivity contribution < 1.29 is 14.4 Å². The first-order valence-electron chi connectivity index (χ1n) is 5.83. The van der Waals surface area contributed by atoms with Crippen LogP contribution in [-0.4, -0.2) is 36.3 Å². The maximum Gasteiger partial charge on any atom is 0.357 e. The molecule has 0 radical (unpaired) electrons. The van der Waals surface area contributed by atoms with Gasteiger partial charge in [0.15, 0.2) is 0 Å². The summed E-state index contributed by atoms with van der Waals surface area (Å²) in [6.07, 6.45) is 0.171. The number of benzene rings is 1. The summed E-state index contributed by atoms with van der Waals surface area (Å²) in [5.41, 5.74) is 0.569. The SMILES string of the molecule is CC1CN(OC(=O)c2ccccc2)CC(C)O1. The topological polar surface area (TPSA) is 38.8 Å². The average Bonchev–Trinajstić information content (AvgIpc) is 2.28. The summed E-state index contributed by atoms with van der Waals surface area (Å²) in [5.74, 6) is -0.313. The zero-order chi connectivity index (χ0) is 12.3. The Kier molecular flexibility index (Phi) is 3.76. The summed E-state index contributed by atoms with van der Waals surface area (Å²) in [5, 5.41) is 1.67. The number of ether oxygens (including phenoxy) is 1. The lowest BCUT2D eigenvalue weighted by molar-refractivity contribution is -0.190. The van der Waals surface area contributed by atoms with Crippen LogP contribution in [0, 0.1) is 0 Å². The first kappa shape index (κ1) is 12.1. The summed E-state index contributed by atoms with van der Waals surface area (Å²) < 4.78 is 5.57. The molecule has 1 aliphatic rings. The van der Waals surface area contributed by atoms with E-state index in [2.05, 4.69) is 0 Å². The number of hydrogen-bond acceptors (Lipinski definition) is 4. The molecule has 0 bridgehead atoms. The molecule has 1 aliphatic heterocycles. The van der Waals surface area contributed by atoms with Crippen LogP contribution in [0.3, 0.4) is 0 Å². The second-order valence-corrected chi connectivity index (χ2v) is 4.35. The fourth-order valence-corrected chi connectivity index (χ4v) is 1.95. The molecule has 1 aromatic rings. The van der Waals surface area contributed by atoms with Crippen molar-refractivity contribution in [1.29, 1.82) is 0 Å². The summed E-state index contributed by atoms with van der Waals surface area (Å²) >= 11 is 0. The number of carbonyl (C=O) groups excluding carboxylic acids is 1. The van der Waals surface area contributed by atoms with E-state index < -0.39 is 0 Å². The number of nitrogens with zero attached hydrogens (tertiary/aromatic N) is 1. The lowest BCUT2D eigenvalue weighted by atomic mass is 10.2. The van der Waals surface area contributed by atoms with Crippen LogP contribution < -0.4 is 0 Å². The van der Waals surface area contributed by atoms with Crippen molar-refractivity contribution in [2.75, 3.05) is 13.1 Å². The van der Waals surface area contributed by atoms with Gasteiger partial charge in [-0.1, -0.05) is 18.2 Å². The molecule has 2 rings (SSSR count). The van der Waals surface area contributed by atoms with Crippen molar-refractivity contribution in [3.63, 3.8) is 0 Å². The third-order valence-corrected chi connectivity index (χ3v) is 2.61. The van der Waals surface area contributed by atoms with E-state index in [-0.39, 0.29) is 18.2 Å². The van der Waals surface area contributed by atoms with Crippen LogP contribution in [0.4, 0.5) is 0 Å². The minimum Gasteiger partial charge on any atom is -0.373 e. The predicted molar refractivity (Wildman–Crippen MR) is 63.4 cm³/mol. The van der Waals surface area contributed by atoms with Crippen molar-refractivity contribution in [2.45, 2.75) is 26.1 Å². The van der Waals surface area contributed by atoms with E-state index in [1.165, 1.54) is 0 Å². The molecule has 2 atom stereocenters. The van der Waals surface area contributed by atoms with E-state index in [4.69, 9.17) is 9.57 Å². The van der Waals surface area contributed by atoms with Crippen molar-refractivity contribution in [1.82, 2.24) is 5.06 Å². The van der Waals surface area contributed by atoms with Crippen molar-refractivity contribution >= 4 is 5.97 Å². The number of hydroxylamine groups is 2. The van der Waals surface area contributed by atoms with Crippen molar-refractivity contribution in [3.05, 3.63) is 35.9 Å². The Balaban J connectivity index is 1.95. The van der Waals surface area contributed by atoms with E-state index >= 15 is 0 Å². The molecule has 0 aromatic heterocycles. The molecule has 17 heavy (non-hydrogen) atoms. The first-order valence-corrected chi connectivity index (χ1v) is 5.83. The quantitative estimate of drug-likeness (QED) is 0.784. The number of carbonyl (C=O) groups is 1. The smallest absolute Gasteiger partial charge is 0.357 e. The van der Waals surface area contributed by atoms with Crippen LogP contribution in [0.15, 0.2) is 30.3 Å². The normalized spacial score (nSPS) is 25.5. The highest BCUT2D eigenvalue weighted by Crippen LogP contribution is 2.12. The van der Waals surface area contributed by atoms with E-state index in [1.54, 1.807) is 17.2 Å². The van der Waals surface area contributed by atoms with Gasteiger partial charge < -0.3 is 9.57 Å². The van der Waals surface area contributed by atoms with E-state index in [9.17, 15) is 4.79 Å². The number of rotatable bonds is 2. The molecule has 1 aromatic carbocycles. The molecule has 0 amide bonds. The molecule has 0 N–H and O–H groups in total. The molecular formula is C13H17NO3. The molecule has 92 valence electrons. The number of hydrogen-bond donors (Lipinski definition) is 0. The maximum absolute atomic E-state index is 11.8. The molecule has 0 spiro atoms. The first-order chi connectivity index (χ1) is 8.15. The summed E-state index contributed by atoms with van der Waals surface area (Å²) in [7, 11) is 0. The largest absolute Gasteiger partial charge is 0.373 e. The Morgan fingerprint density at radius 2 is 1.82 bits per heavy atom. The van der Waals surface area contributed by atoms with Gasteiger partial charge in [0.1, 0.15) is 0 Å². The molecule has 1 fully saturated rings. The highest BCUT2D eigenvalue weighted by atomic mass is 16.7. The van der Waals surface area contributed by atoms with Gasteiger partial charge in [-0.2, -0.15) is 0 Å². The highest BCUT2D eigenvalue weighted by Gasteiger charge is 2.25. The summed E-state index contributed by atoms with van der Waals surface area (Å²) in [4.78, 5) is 17.2. The van der Waals surface area contributed by atoms with Crippen LogP contribution in [0.1, 0.15) is 24.2 Å². The van der Waals surface area contributed by atoms with Crippen LogP contribution in [0.5, 0.6) is 0 Å². The second-order valence-electron chi connectivity index (χ2n) is 4.35. The van der Waals surface area contributed by atoms with Crippen LogP contribution in [0.25, 0.3) is 0 Å². The molecule has 0 aliphatic carbocycles. The van der Waals surface area contributed by atoms with Crippen molar-refractivity contribution in [3.8, 4) is 0 Å². The van der Waals surface area contributed by atoms with Gasteiger partial charge >= 0.3 is 5.97 Å². The zero-order valence-electron chi connectivity index (χ0n) is 10.1. The fourth-order valence-electron chi connectivity index (χ4n) is 1.95. The zero-order valence-corrected chi connectivity index (χ0v) is 10.1. The third-order valence-electron chi connectivity index (χ3n) is 2.61. The molecule has 1 heterocycles. The Morgan fingerprint density at radius 1 is 1.24 bits per heavy atom. The van der Waals surface area contributed by atoms with Crippen LogP contribution in [-0.2, 0) is 9.57 Å². The third kappa shape index (κ3) is 3.28. The van der Waals surface area contributed by atoms with Gasteiger partial charge in [-0.05, 0) is 26.0 Å². The fraction of sp³-hybridized carbons (Fsp3) is 0.462. The van der Waals surface area contributed by atoms with Gasteiger partial charge in [-0.3, -0.25) is 0 Å². The van der Waals surface area contributed by atoms with Crippen LogP contribution >= 0.6 is 0 Å². The van der Waals surface area contributed by atoms with Gasteiger partial charge in [0.2, 0.25) is 0 Å². The van der Waals surface area contributed by atoms with E-state index in [1.807, 2.05) is 32.0 Å². The molecule has 4 heteroatoms. The van der Waals surface area contributed by atoms with Gasteiger partial charge in [-0.15, -0.1) is 5.06 Å². The summed E-state index contributed by atoms with van der Waals surface area (Å²) in [6, 6.07) is 9.00. The molecule has 1 saturated heterocycles.